The van der Waals surface area contributed by atoms with Gasteiger partial charge in [-0.1, -0.05) is 18.2 Å². The second kappa shape index (κ2) is 10.5. The predicted molar refractivity (Wildman–Crippen MR) is 130 cm³/mol. The Morgan fingerprint density at radius 3 is 2.49 bits per heavy atom. The first-order chi connectivity index (χ1) is 17.5. The minimum Gasteiger partial charge on any atom is -0.377 e. The molecular weight excluding hydrogens is 509 g/mol. The second-order valence-corrected chi connectivity index (χ2v) is 10.9. The molecule has 0 radical (unpaired) electrons. The van der Waals surface area contributed by atoms with E-state index in [0.717, 1.165) is 23.1 Å². The maximum absolute atomic E-state index is 13.1. The van der Waals surface area contributed by atoms with Crippen molar-refractivity contribution in [2.24, 2.45) is 0 Å². The quantitative estimate of drug-likeness (QED) is 0.494. The zero-order valence-electron chi connectivity index (χ0n) is 19.9. The monoisotopic (exact) mass is 534 g/mol. The highest BCUT2D eigenvalue weighted by Gasteiger charge is 2.31. The molecule has 0 saturated carbocycles. The average Bonchev–Trinajstić information content (AvgIpc) is 3.35. The molecule has 1 saturated heterocycles. The summed E-state index contributed by atoms with van der Waals surface area (Å²) in [6.45, 7) is 2.13. The van der Waals surface area contributed by atoms with Crippen LogP contribution in [-0.4, -0.2) is 37.4 Å². The summed E-state index contributed by atoms with van der Waals surface area (Å²) in [5.74, 6) is -0.796. The Hall–Kier alpha value is -3.44. The van der Waals surface area contributed by atoms with Crippen LogP contribution in [0.5, 0.6) is 0 Å². The molecule has 1 aromatic heterocycles. The third kappa shape index (κ3) is 6.11. The number of nitrogens with zero attached hydrogens (tertiary/aromatic N) is 1. The number of carbonyl (C=O) groups excluding carboxylic acids is 1. The maximum atomic E-state index is 13.1. The molecule has 0 aliphatic carbocycles. The number of carbonyl (C=O) groups is 1. The van der Waals surface area contributed by atoms with Crippen molar-refractivity contribution in [3.05, 3.63) is 93.4 Å². The van der Waals surface area contributed by atoms with E-state index in [4.69, 9.17) is 4.74 Å². The van der Waals surface area contributed by atoms with Crippen LogP contribution in [0.3, 0.4) is 0 Å². The molecule has 1 fully saturated rings. The van der Waals surface area contributed by atoms with Crippen LogP contribution < -0.4 is 10.9 Å². The fourth-order valence-electron chi connectivity index (χ4n) is 4.15. The molecule has 0 bridgehead atoms. The highest BCUT2D eigenvalue weighted by atomic mass is 32.2. The molecule has 0 spiro atoms. The van der Waals surface area contributed by atoms with Gasteiger partial charge in [0.2, 0.25) is 0 Å². The number of pyridine rings is 1. The van der Waals surface area contributed by atoms with Gasteiger partial charge >= 0.3 is 6.18 Å². The van der Waals surface area contributed by atoms with Crippen molar-refractivity contribution < 1.29 is 31.1 Å². The van der Waals surface area contributed by atoms with E-state index in [9.17, 15) is 31.2 Å². The van der Waals surface area contributed by atoms with Crippen LogP contribution in [-0.2, 0) is 27.3 Å². The molecule has 11 heteroatoms. The molecule has 1 aliphatic heterocycles. The average molecular weight is 535 g/mol. The Morgan fingerprint density at radius 2 is 1.84 bits per heavy atom. The summed E-state index contributed by atoms with van der Waals surface area (Å²) in [4.78, 5) is 26.0. The normalized spacial score (nSPS) is 16.1. The second-order valence-electron chi connectivity index (χ2n) is 8.82. The van der Waals surface area contributed by atoms with E-state index in [2.05, 4.69) is 5.32 Å². The Morgan fingerprint density at radius 1 is 1.11 bits per heavy atom. The van der Waals surface area contributed by atoms with Crippen molar-refractivity contribution in [1.29, 1.82) is 0 Å². The Bertz CT molecular complexity index is 1460. The molecule has 37 heavy (non-hydrogen) atoms. The summed E-state index contributed by atoms with van der Waals surface area (Å²) >= 11 is 0. The first-order valence-corrected chi connectivity index (χ1v) is 13.2. The van der Waals surface area contributed by atoms with Crippen molar-refractivity contribution in [2.45, 2.75) is 43.5 Å². The van der Waals surface area contributed by atoms with Gasteiger partial charge in [-0.2, -0.15) is 13.2 Å². The number of aryl methyl sites for hydroxylation is 1. The number of amides is 1. The molecule has 3 aromatic rings. The van der Waals surface area contributed by atoms with Gasteiger partial charge < -0.3 is 10.1 Å². The summed E-state index contributed by atoms with van der Waals surface area (Å²) in [6, 6.07) is 13.2. The number of hydrogen-bond donors (Lipinski definition) is 1. The molecule has 196 valence electrons. The van der Waals surface area contributed by atoms with Gasteiger partial charge in [0.15, 0.2) is 9.84 Å². The van der Waals surface area contributed by atoms with E-state index < -0.39 is 33.0 Å². The molecule has 1 aliphatic rings. The third-order valence-electron chi connectivity index (χ3n) is 6.12. The van der Waals surface area contributed by atoms with Crippen molar-refractivity contribution in [1.82, 2.24) is 9.88 Å². The summed E-state index contributed by atoms with van der Waals surface area (Å²) in [6.07, 6.45) is -3.34. The highest BCUT2D eigenvalue weighted by Crippen LogP contribution is 2.30. The molecule has 1 amide bonds. The largest absolute Gasteiger partial charge is 0.416 e. The number of rotatable bonds is 7. The first-order valence-electron chi connectivity index (χ1n) is 11.6. The number of aromatic nitrogens is 1. The van der Waals surface area contributed by atoms with Crippen molar-refractivity contribution in [3.63, 3.8) is 0 Å². The number of hydrogen-bond acceptors (Lipinski definition) is 5. The zero-order valence-corrected chi connectivity index (χ0v) is 20.7. The highest BCUT2D eigenvalue weighted by molar-refractivity contribution is 7.91. The lowest BCUT2D eigenvalue weighted by atomic mass is 10.1. The molecule has 1 unspecified atom stereocenters. The van der Waals surface area contributed by atoms with Crippen LogP contribution in [0.4, 0.5) is 13.2 Å². The van der Waals surface area contributed by atoms with Gasteiger partial charge in [-0.3, -0.25) is 14.2 Å². The van der Waals surface area contributed by atoms with Crippen molar-refractivity contribution >= 4 is 15.7 Å². The van der Waals surface area contributed by atoms with Crippen LogP contribution in [0, 0.1) is 6.92 Å². The van der Waals surface area contributed by atoms with E-state index in [1.807, 2.05) is 0 Å². The fourth-order valence-corrected chi connectivity index (χ4v) is 5.65. The van der Waals surface area contributed by atoms with Crippen LogP contribution in [0.2, 0.25) is 0 Å². The van der Waals surface area contributed by atoms with E-state index in [0.29, 0.717) is 24.3 Å². The number of sulfone groups is 1. The number of alkyl halides is 3. The number of ether oxygens (including phenoxy) is 1. The predicted octanol–water partition coefficient (Wildman–Crippen LogP) is 4.05. The summed E-state index contributed by atoms with van der Waals surface area (Å²) < 4.78 is 71.1. The van der Waals surface area contributed by atoms with Gasteiger partial charge in [-0.15, -0.1) is 0 Å². The van der Waals surface area contributed by atoms with Gasteiger partial charge in [0.1, 0.15) is 5.56 Å². The van der Waals surface area contributed by atoms with Gasteiger partial charge in [0.25, 0.3) is 11.5 Å². The molecular formula is C26H25F3N2O5S. The molecule has 2 aromatic carbocycles. The smallest absolute Gasteiger partial charge is 0.377 e. The molecule has 2 heterocycles. The number of nitrogens with one attached hydrogen (secondary N) is 1. The van der Waals surface area contributed by atoms with E-state index in [-0.39, 0.29) is 34.5 Å². The standard InChI is InChI=1S/C26H25F3N2O5S/c1-17-7-12-23(25(33)31(17)20-5-2-4-19(14-20)26(27,28)29)24(32)30-15-18-8-10-22(11-9-18)37(34,35)16-21-6-3-13-36-21/h2,4-5,7-12,14,21H,3,6,13,15-16H2,1H3,(H,30,32). The van der Waals surface area contributed by atoms with Gasteiger partial charge in [-0.25, -0.2) is 8.42 Å². The maximum Gasteiger partial charge on any atom is 0.416 e. The Labute approximate surface area is 211 Å². The van der Waals surface area contributed by atoms with E-state index in [1.54, 1.807) is 19.1 Å². The van der Waals surface area contributed by atoms with Gasteiger partial charge in [0.05, 0.1) is 22.3 Å². The van der Waals surface area contributed by atoms with Gasteiger partial charge in [0, 0.05) is 24.5 Å². The topological polar surface area (TPSA) is 94.5 Å². The Balaban J connectivity index is 1.48. The van der Waals surface area contributed by atoms with Crippen molar-refractivity contribution in [3.8, 4) is 5.69 Å². The number of halogens is 3. The lowest BCUT2D eigenvalue weighted by Crippen LogP contribution is -2.33. The number of benzene rings is 2. The first kappa shape index (κ1) is 26.6. The van der Waals surface area contributed by atoms with Crippen LogP contribution in [0.15, 0.2) is 70.4 Å². The SMILES string of the molecule is Cc1ccc(C(=O)NCc2ccc(S(=O)(=O)CC3CCCO3)cc2)c(=O)n1-c1cccc(C(F)(F)F)c1. The van der Waals surface area contributed by atoms with Gasteiger partial charge in [-0.05, 0) is 67.8 Å². The minimum absolute atomic E-state index is 0.00761. The summed E-state index contributed by atoms with van der Waals surface area (Å²) in [5.41, 5.74) is -0.944. The zero-order chi connectivity index (χ0) is 26.8. The summed E-state index contributed by atoms with van der Waals surface area (Å²) in [7, 11) is -3.51. The molecule has 1 N–H and O–H groups in total. The Kier molecular flexibility index (Phi) is 7.56. The van der Waals surface area contributed by atoms with Crippen LogP contribution in [0.25, 0.3) is 5.69 Å². The lowest BCUT2D eigenvalue weighted by molar-refractivity contribution is -0.137. The third-order valence-corrected chi connectivity index (χ3v) is 7.92. The minimum atomic E-state index is -4.58. The van der Waals surface area contributed by atoms with E-state index in [1.165, 1.54) is 36.4 Å². The van der Waals surface area contributed by atoms with E-state index >= 15 is 0 Å². The van der Waals surface area contributed by atoms with Crippen molar-refractivity contribution in [2.75, 3.05) is 12.4 Å². The van der Waals surface area contributed by atoms with Crippen LogP contribution >= 0.6 is 0 Å². The molecule has 7 nitrogen and oxygen atoms in total. The molecule has 1 atom stereocenters. The molecule has 4 rings (SSSR count). The fraction of sp³-hybridized carbons (Fsp3) is 0.308. The summed E-state index contributed by atoms with van der Waals surface area (Å²) in [5, 5.41) is 2.61. The lowest BCUT2D eigenvalue weighted by Gasteiger charge is -2.14. The van der Waals surface area contributed by atoms with Crippen LogP contribution in [0.1, 0.15) is 40.0 Å².